The van der Waals surface area contributed by atoms with Crippen LogP contribution in [-0.4, -0.2) is 59.0 Å². The van der Waals surface area contributed by atoms with Gasteiger partial charge >= 0.3 is 0 Å². The van der Waals surface area contributed by atoms with Gasteiger partial charge < -0.3 is 4.74 Å². The van der Waals surface area contributed by atoms with E-state index in [9.17, 15) is 28.8 Å². The SMILES string of the molecule is Cc1cc(N2C(=O)c3ccc(-c4ccc5c(c4)C(=O)N(C)C5=O)cc3C2=O)ccc1OCN1C(=O)C=C(c2ccccc2)C1=O. The molecule has 0 aromatic heterocycles. The number of anilines is 1. The highest BCUT2D eigenvalue weighted by Gasteiger charge is 2.38. The standard InChI is InChI=1S/C35H23N3O7/c1-19-14-23(10-13-29(19)45-18-37-30(39)17-26(33(37)42)20-6-4-3-5-7-20)38-34(43)25-12-9-22(16-28(25)35(38)44)21-8-11-24-27(15-21)32(41)36(2)31(24)40/h3-17H,18H2,1-2H3. The van der Waals surface area contributed by atoms with E-state index >= 15 is 0 Å². The molecular weight excluding hydrogens is 574 g/mol. The van der Waals surface area contributed by atoms with Gasteiger partial charge in [-0.15, -0.1) is 0 Å². The van der Waals surface area contributed by atoms with Gasteiger partial charge in [-0.25, -0.2) is 9.80 Å². The third kappa shape index (κ3) is 4.34. The fraction of sp³-hybridized carbons (Fsp3) is 0.0857. The minimum atomic E-state index is -0.509. The number of amides is 6. The number of ether oxygens (including phenoxy) is 1. The van der Waals surface area contributed by atoms with Crippen molar-refractivity contribution in [3.8, 4) is 16.9 Å². The first-order chi connectivity index (χ1) is 21.6. The summed E-state index contributed by atoms with van der Waals surface area (Å²) in [4.78, 5) is 80.1. The van der Waals surface area contributed by atoms with Crippen LogP contribution in [0, 0.1) is 6.92 Å². The van der Waals surface area contributed by atoms with E-state index in [-0.39, 0.29) is 34.9 Å². The molecule has 0 bridgehead atoms. The Hall–Kier alpha value is -6.16. The van der Waals surface area contributed by atoms with E-state index in [2.05, 4.69) is 0 Å². The number of hydrogen-bond donors (Lipinski definition) is 0. The van der Waals surface area contributed by atoms with Crippen LogP contribution in [0.4, 0.5) is 5.69 Å². The second kappa shape index (κ2) is 10.2. The third-order valence-electron chi connectivity index (χ3n) is 8.17. The number of carbonyl (C=O) groups excluding carboxylic acids is 6. The topological polar surface area (TPSA) is 121 Å². The van der Waals surface area contributed by atoms with Gasteiger partial charge in [0.2, 0.25) is 0 Å². The highest BCUT2D eigenvalue weighted by molar-refractivity contribution is 6.35. The Labute approximate surface area is 256 Å². The van der Waals surface area contributed by atoms with Crippen molar-refractivity contribution < 1.29 is 33.5 Å². The highest BCUT2D eigenvalue weighted by atomic mass is 16.5. The monoisotopic (exact) mass is 597 g/mol. The lowest BCUT2D eigenvalue weighted by molar-refractivity contribution is -0.139. The van der Waals surface area contributed by atoms with Crippen molar-refractivity contribution in [1.29, 1.82) is 0 Å². The van der Waals surface area contributed by atoms with E-state index in [0.29, 0.717) is 39.3 Å². The summed E-state index contributed by atoms with van der Waals surface area (Å²) in [5.74, 6) is -2.33. The summed E-state index contributed by atoms with van der Waals surface area (Å²) in [7, 11) is 1.42. The number of hydrogen-bond acceptors (Lipinski definition) is 7. The predicted molar refractivity (Wildman–Crippen MR) is 162 cm³/mol. The Bertz CT molecular complexity index is 2060. The van der Waals surface area contributed by atoms with Crippen LogP contribution in [0.5, 0.6) is 5.75 Å². The van der Waals surface area contributed by atoms with Crippen molar-refractivity contribution >= 4 is 46.7 Å². The Kier molecular flexibility index (Phi) is 6.29. The Morgan fingerprint density at radius 1 is 0.600 bits per heavy atom. The van der Waals surface area contributed by atoms with E-state index in [4.69, 9.17) is 4.74 Å². The Balaban J connectivity index is 1.08. The second-order valence-corrected chi connectivity index (χ2v) is 10.9. The largest absolute Gasteiger partial charge is 0.472 e. The number of imide groups is 3. The van der Waals surface area contributed by atoms with Crippen LogP contribution in [0.3, 0.4) is 0 Å². The molecule has 3 aliphatic rings. The van der Waals surface area contributed by atoms with E-state index < -0.39 is 29.5 Å². The number of fused-ring (bicyclic) bond motifs is 2. The summed E-state index contributed by atoms with van der Waals surface area (Å²) >= 11 is 0. The van der Waals surface area contributed by atoms with Gasteiger partial charge in [-0.05, 0) is 71.6 Å². The van der Waals surface area contributed by atoms with Crippen molar-refractivity contribution in [2.24, 2.45) is 0 Å². The van der Waals surface area contributed by atoms with Crippen LogP contribution in [-0.2, 0) is 9.59 Å². The molecule has 4 aromatic carbocycles. The molecule has 0 saturated heterocycles. The van der Waals surface area contributed by atoms with Crippen molar-refractivity contribution in [1.82, 2.24) is 9.80 Å². The number of benzene rings is 4. The molecule has 45 heavy (non-hydrogen) atoms. The maximum Gasteiger partial charge on any atom is 0.266 e. The van der Waals surface area contributed by atoms with Gasteiger partial charge in [0, 0.05) is 13.1 Å². The molecule has 0 radical (unpaired) electrons. The van der Waals surface area contributed by atoms with E-state index in [1.54, 1.807) is 85.8 Å². The van der Waals surface area contributed by atoms with Crippen molar-refractivity contribution in [2.45, 2.75) is 6.92 Å². The molecule has 0 aliphatic carbocycles. The van der Waals surface area contributed by atoms with Gasteiger partial charge in [-0.2, -0.15) is 0 Å². The minimum Gasteiger partial charge on any atom is -0.472 e. The van der Waals surface area contributed by atoms with Crippen molar-refractivity contribution in [3.63, 3.8) is 0 Å². The molecule has 6 amide bonds. The van der Waals surface area contributed by atoms with Gasteiger partial charge in [0.15, 0.2) is 6.73 Å². The first-order valence-corrected chi connectivity index (χ1v) is 14.0. The lowest BCUT2D eigenvalue weighted by Gasteiger charge is -2.19. The molecule has 0 spiro atoms. The molecule has 10 heteroatoms. The molecule has 220 valence electrons. The van der Waals surface area contributed by atoms with Crippen LogP contribution in [0.25, 0.3) is 16.7 Å². The summed E-state index contributed by atoms with van der Waals surface area (Å²) in [6.45, 7) is 1.42. The van der Waals surface area contributed by atoms with Crippen LogP contribution in [0.2, 0.25) is 0 Å². The van der Waals surface area contributed by atoms with Crippen LogP contribution < -0.4 is 9.64 Å². The van der Waals surface area contributed by atoms with Crippen molar-refractivity contribution in [2.75, 3.05) is 18.7 Å². The van der Waals surface area contributed by atoms with Crippen LogP contribution in [0.15, 0.2) is 91.0 Å². The molecule has 3 aliphatic heterocycles. The number of carbonyl (C=O) groups is 6. The summed E-state index contributed by atoms with van der Waals surface area (Å²) in [6.07, 6.45) is 1.29. The predicted octanol–water partition coefficient (Wildman–Crippen LogP) is 4.48. The maximum atomic E-state index is 13.5. The first kappa shape index (κ1) is 27.7. The van der Waals surface area contributed by atoms with Gasteiger partial charge in [0.1, 0.15) is 5.75 Å². The fourth-order valence-corrected chi connectivity index (χ4v) is 5.72. The van der Waals surface area contributed by atoms with Crippen molar-refractivity contribution in [3.05, 3.63) is 124 Å². The quantitative estimate of drug-likeness (QED) is 0.301. The van der Waals surface area contributed by atoms with Crippen LogP contribution in [0.1, 0.15) is 52.6 Å². The summed E-state index contributed by atoms with van der Waals surface area (Å²) in [6, 6.07) is 23.4. The van der Waals surface area contributed by atoms with E-state index in [1.807, 2.05) is 6.07 Å². The van der Waals surface area contributed by atoms with Gasteiger partial charge in [0.25, 0.3) is 35.4 Å². The van der Waals surface area contributed by atoms with Gasteiger partial charge in [-0.3, -0.25) is 33.7 Å². The average molecular weight is 598 g/mol. The highest BCUT2D eigenvalue weighted by Crippen LogP contribution is 2.35. The maximum absolute atomic E-state index is 13.5. The smallest absolute Gasteiger partial charge is 0.266 e. The molecule has 0 N–H and O–H groups in total. The van der Waals surface area contributed by atoms with Gasteiger partial charge in [0.05, 0.1) is 33.5 Å². The zero-order valence-electron chi connectivity index (χ0n) is 24.1. The fourth-order valence-electron chi connectivity index (χ4n) is 5.72. The second-order valence-electron chi connectivity index (χ2n) is 10.9. The number of aryl methyl sites for hydroxylation is 1. The molecule has 0 unspecified atom stereocenters. The number of nitrogens with zero attached hydrogens (tertiary/aromatic N) is 3. The summed E-state index contributed by atoms with van der Waals surface area (Å²) in [5, 5.41) is 0. The third-order valence-corrected chi connectivity index (χ3v) is 8.17. The molecule has 0 fully saturated rings. The lowest BCUT2D eigenvalue weighted by atomic mass is 9.97. The Morgan fingerprint density at radius 3 is 1.87 bits per heavy atom. The molecule has 0 atom stereocenters. The molecule has 7 rings (SSSR count). The first-order valence-electron chi connectivity index (χ1n) is 14.0. The zero-order chi connectivity index (χ0) is 31.6. The van der Waals surface area contributed by atoms with E-state index in [1.165, 1.54) is 13.1 Å². The zero-order valence-corrected chi connectivity index (χ0v) is 24.1. The number of rotatable bonds is 6. The summed E-state index contributed by atoms with van der Waals surface area (Å²) in [5.41, 5.74) is 4.14. The van der Waals surface area contributed by atoms with Crippen LogP contribution >= 0.6 is 0 Å². The molecule has 4 aromatic rings. The van der Waals surface area contributed by atoms with E-state index in [0.717, 1.165) is 14.7 Å². The van der Waals surface area contributed by atoms with Gasteiger partial charge in [-0.1, -0.05) is 42.5 Å². The normalized spacial score (nSPS) is 15.7. The molecule has 0 saturated carbocycles. The minimum absolute atomic E-state index is 0.211. The summed E-state index contributed by atoms with van der Waals surface area (Å²) < 4.78 is 5.81. The average Bonchev–Trinajstić information content (AvgIpc) is 3.57. The molecule has 3 heterocycles. The molecule has 10 nitrogen and oxygen atoms in total. The Morgan fingerprint density at radius 2 is 1.20 bits per heavy atom. The molecular formula is C35H23N3O7. The lowest BCUT2D eigenvalue weighted by Crippen LogP contribution is -2.34.